The van der Waals surface area contributed by atoms with Crippen molar-refractivity contribution in [1.29, 1.82) is 0 Å². The molecule has 22 heavy (non-hydrogen) atoms. The van der Waals surface area contributed by atoms with Gasteiger partial charge in [0.15, 0.2) is 5.78 Å². The van der Waals surface area contributed by atoms with Gasteiger partial charge in [-0.15, -0.1) is 0 Å². The van der Waals surface area contributed by atoms with Crippen molar-refractivity contribution in [1.82, 2.24) is 5.32 Å². The molecular formula is C17H19NO4. The van der Waals surface area contributed by atoms with E-state index < -0.39 is 11.7 Å². The van der Waals surface area contributed by atoms with Crippen molar-refractivity contribution < 1.29 is 19.1 Å². The van der Waals surface area contributed by atoms with Crippen molar-refractivity contribution >= 4 is 11.9 Å². The van der Waals surface area contributed by atoms with E-state index >= 15 is 0 Å². The third-order valence-electron chi connectivity index (χ3n) is 2.82. The van der Waals surface area contributed by atoms with E-state index in [1.165, 1.54) is 0 Å². The molecule has 5 nitrogen and oxygen atoms in total. The normalized spacial score (nSPS) is 13.3. The quantitative estimate of drug-likeness (QED) is 0.810. The molecule has 0 saturated heterocycles. The Morgan fingerprint density at radius 1 is 1.41 bits per heavy atom. The van der Waals surface area contributed by atoms with Crippen LogP contribution in [0.25, 0.3) is 0 Å². The number of ketones is 1. The first-order chi connectivity index (χ1) is 10.3. The summed E-state index contributed by atoms with van der Waals surface area (Å²) in [5.41, 5.74) is 0.748. The third-order valence-corrected chi connectivity index (χ3v) is 2.82. The van der Waals surface area contributed by atoms with Gasteiger partial charge in [0.1, 0.15) is 11.4 Å². The second-order valence-corrected chi connectivity index (χ2v) is 5.89. The van der Waals surface area contributed by atoms with E-state index in [9.17, 15) is 9.59 Å². The van der Waals surface area contributed by atoms with Gasteiger partial charge in [-0.05, 0) is 39.0 Å². The Kier molecular flexibility index (Phi) is 4.71. The highest BCUT2D eigenvalue weighted by atomic mass is 16.6. The lowest BCUT2D eigenvalue weighted by Gasteiger charge is -2.19. The zero-order valence-electron chi connectivity index (χ0n) is 13.0. The molecule has 0 atom stereocenters. The number of hydrogen-bond acceptors (Lipinski definition) is 4. The fourth-order valence-electron chi connectivity index (χ4n) is 1.92. The number of Topliss-reactive ketones (excluding diaryl/α,β-unsaturated/α-hetero) is 1. The van der Waals surface area contributed by atoms with Crippen LogP contribution in [0.4, 0.5) is 4.79 Å². The second kappa shape index (κ2) is 6.52. The fraction of sp³-hybridized carbons (Fsp3) is 0.412. The van der Waals surface area contributed by atoms with E-state index in [1.54, 1.807) is 39.0 Å². The van der Waals surface area contributed by atoms with Crippen molar-refractivity contribution in [3.63, 3.8) is 0 Å². The van der Waals surface area contributed by atoms with Gasteiger partial charge < -0.3 is 14.8 Å². The first-order valence-corrected chi connectivity index (χ1v) is 7.11. The van der Waals surface area contributed by atoms with Gasteiger partial charge in [-0.1, -0.05) is 11.8 Å². The van der Waals surface area contributed by atoms with Gasteiger partial charge in [-0.25, -0.2) is 4.79 Å². The first kappa shape index (κ1) is 15.9. The summed E-state index contributed by atoms with van der Waals surface area (Å²) in [4.78, 5) is 23.2. The number of carbonyl (C=O) groups is 2. The second-order valence-electron chi connectivity index (χ2n) is 5.89. The summed E-state index contributed by atoms with van der Waals surface area (Å²) in [6, 6.07) is 5.26. The topological polar surface area (TPSA) is 64.6 Å². The minimum atomic E-state index is -0.531. The molecule has 0 spiro atoms. The number of fused-ring (bicyclic) bond motifs is 1. The summed E-state index contributed by atoms with van der Waals surface area (Å²) in [6.07, 6.45) is -0.111. The van der Waals surface area contributed by atoms with Crippen molar-refractivity contribution in [2.45, 2.75) is 32.8 Å². The molecule has 1 aromatic carbocycles. The first-order valence-electron chi connectivity index (χ1n) is 7.11. The third kappa shape index (κ3) is 4.52. The van der Waals surface area contributed by atoms with Gasteiger partial charge in [-0.3, -0.25) is 4.79 Å². The van der Waals surface area contributed by atoms with Crippen LogP contribution in [0.1, 0.15) is 43.1 Å². The maximum absolute atomic E-state index is 11.8. The van der Waals surface area contributed by atoms with Gasteiger partial charge >= 0.3 is 6.09 Å². The standard InChI is InChI=1S/C17H19NO4/c1-17(2,3)22-16(20)18-9-4-5-12-6-7-15-13(11-12)14(19)8-10-21-15/h6-7,11H,8-10H2,1-3H3,(H,18,20). The van der Waals surface area contributed by atoms with Gasteiger partial charge in [0, 0.05) is 12.0 Å². The highest BCUT2D eigenvalue weighted by Gasteiger charge is 2.18. The van der Waals surface area contributed by atoms with E-state index in [0.717, 1.165) is 0 Å². The number of benzene rings is 1. The Bertz CT molecular complexity index is 647. The van der Waals surface area contributed by atoms with Gasteiger partial charge in [-0.2, -0.15) is 0 Å². The predicted molar refractivity (Wildman–Crippen MR) is 82.0 cm³/mol. The van der Waals surface area contributed by atoms with Crippen molar-refractivity contribution in [2.24, 2.45) is 0 Å². The summed E-state index contributed by atoms with van der Waals surface area (Å²) in [7, 11) is 0. The van der Waals surface area contributed by atoms with Crippen molar-refractivity contribution in [2.75, 3.05) is 13.2 Å². The van der Waals surface area contributed by atoms with Gasteiger partial charge in [0.05, 0.1) is 18.7 Å². The smallest absolute Gasteiger partial charge is 0.408 e. The molecule has 0 unspecified atom stereocenters. The maximum Gasteiger partial charge on any atom is 0.408 e. The average Bonchev–Trinajstić information content (AvgIpc) is 2.42. The van der Waals surface area contributed by atoms with Crippen LogP contribution >= 0.6 is 0 Å². The Labute approximate surface area is 130 Å². The van der Waals surface area contributed by atoms with E-state index in [2.05, 4.69) is 17.2 Å². The van der Waals surface area contributed by atoms with Crippen LogP contribution in [0.5, 0.6) is 5.75 Å². The fourth-order valence-corrected chi connectivity index (χ4v) is 1.92. The van der Waals surface area contributed by atoms with Crippen molar-refractivity contribution in [3.05, 3.63) is 29.3 Å². The van der Waals surface area contributed by atoms with E-state index in [4.69, 9.17) is 9.47 Å². The van der Waals surface area contributed by atoms with E-state index in [0.29, 0.717) is 29.9 Å². The van der Waals surface area contributed by atoms with Crippen LogP contribution in [-0.2, 0) is 4.74 Å². The lowest BCUT2D eigenvalue weighted by Crippen LogP contribution is -2.32. The minimum absolute atomic E-state index is 0.0665. The molecule has 0 aromatic heterocycles. The van der Waals surface area contributed by atoms with Crippen LogP contribution < -0.4 is 10.1 Å². The largest absolute Gasteiger partial charge is 0.492 e. The molecule has 1 aliphatic heterocycles. The Balaban J connectivity index is 1.94. The number of nitrogens with one attached hydrogen (secondary N) is 1. The van der Waals surface area contributed by atoms with Crippen LogP contribution in [-0.4, -0.2) is 30.6 Å². The SMILES string of the molecule is CC(C)(C)OC(=O)NCC#Cc1ccc2c(c1)C(=O)CCO2. The lowest BCUT2D eigenvalue weighted by atomic mass is 10.0. The Morgan fingerprint density at radius 2 is 2.18 bits per heavy atom. The molecule has 1 N–H and O–H groups in total. The summed E-state index contributed by atoms with van der Waals surface area (Å²) in [6.45, 7) is 5.99. The highest BCUT2D eigenvalue weighted by molar-refractivity contribution is 5.99. The average molecular weight is 301 g/mol. The molecule has 1 heterocycles. The molecule has 2 rings (SSSR count). The lowest BCUT2D eigenvalue weighted by molar-refractivity contribution is 0.0535. The van der Waals surface area contributed by atoms with E-state index in [1.807, 2.05) is 0 Å². The summed E-state index contributed by atoms with van der Waals surface area (Å²) < 4.78 is 10.5. The zero-order chi connectivity index (χ0) is 16.2. The van der Waals surface area contributed by atoms with E-state index in [-0.39, 0.29) is 12.3 Å². The molecule has 1 aliphatic rings. The molecule has 0 saturated carbocycles. The number of amides is 1. The monoisotopic (exact) mass is 301 g/mol. The number of alkyl carbamates (subject to hydrolysis) is 1. The number of carbonyl (C=O) groups excluding carboxylic acids is 2. The number of hydrogen-bond donors (Lipinski definition) is 1. The summed E-state index contributed by atoms with van der Waals surface area (Å²) in [5.74, 6) is 6.40. The molecule has 1 amide bonds. The number of ether oxygens (including phenoxy) is 2. The van der Waals surface area contributed by atoms with Crippen LogP contribution in [0.15, 0.2) is 18.2 Å². The molecule has 0 fully saturated rings. The molecular weight excluding hydrogens is 282 g/mol. The summed E-state index contributed by atoms with van der Waals surface area (Å²) >= 11 is 0. The molecule has 0 radical (unpaired) electrons. The van der Waals surface area contributed by atoms with Gasteiger partial charge in [0.2, 0.25) is 0 Å². The molecule has 0 bridgehead atoms. The van der Waals surface area contributed by atoms with Crippen molar-refractivity contribution in [3.8, 4) is 17.6 Å². The zero-order valence-corrected chi connectivity index (χ0v) is 13.0. The number of rotatable bonds is 1. The van der Waals surface area contributed by atoms with Gasteiger partial charge in [0.25, 0.3) is 0 Å². The summed E-state index contributed by atoms with van der Waals surface area (Å²) in [5, 5.41) is 2.55. The molecule has 1 aromatic rings. The maximum atomic E-state index is 11.8. The minimum Gasteiger partial charge on any atom is -0.492 e. The van der Waals surface area contributed by atoms with Crippen LogP contribution in [0.3, 0.4) is 0 Å². The van der Waals surface area contributed by atoms with Crippen LogP contribution in [0, 0.1) is 11.8 Å². The molecule has 0 aliphatic carbocycles. The Hall–Kier alpha value is -2.48. The predicted octanol–water partition coefficient (Wildman–Crippen LogP) is 2.53. The van der Waals surface area contributed by atoms with Crippen LogP contribution in [0.2, 0.25) is 0 Å². The highest BCUT2D eigenvalue weighted by Crippen LogP contribution is 2.25. The molecule has 116 valence electrons. The molecule has 5 heteroatoms. The Morgan fingerprint density at radius 3 is 2.91 bits per heavy atom.